The molecule has 1 aromatic carbocycles. The molecular formula is C15H20F3NO2. The molecule has 0 saturated carbocycles. The Kier molecular flexibility index (Phi) is 5.11. The van der Waals surface area contributed by atoms with Crippen LogP contribution in [0.3, 0.4) is 0 Å². The van der Waals surface area contributed by atoms with Crippen LogP contribution in [0.25, 0.3) is 0 Å². The number of benzene rings is 1. The van der Waals surface area contributed by atoms with Crippen molar-refractivity contribution in [3.05, 3.63) is 29.8 Å². The number of halogens is 3. The minimum atomic E-state index is -4.66. The zero-order chi connectivity index (χ0) is 15.3. The SMILES string of the molecule is CC1(CNCc2ccccc2OC(F)(F)F)CCOCC1. The summed E-state index contributed by atoms with van der Waals surface area (Å²) < 4.78 is 46.4. The molecule has 6 heteroatoms. The van der Waals surface area contributed by atoms with E-state index in [-0.39, 0.29) is 11.2 Å². The van der Waals surface area contributed by atoms with Crippen molar-refractivity contribution < 1.29 is 22.6 Å². The lowest BCUT2D eigenvalue weighted by molar-refractivity contribution is -0.274. The Balaban J connectivity index is 1.91. The second-order valence-electron chi connectivity index (χ2n) is 5.68. The lowest BCUT2D eigenvalue weighted by Gasteiger charge is -2.33. The first-order chi connectivity index (χ1) is 9.88. The van der Waals surface area contributed by atoms with Crippen molar-refractivity contribution in [3.8, 4) is 5.75 Å². The fourth-order valence-electron chi connectivity index (χ4n) is 2.41. The monoisotopic (exact) mass is 303 g/mol. The smallest absolute Gasteiger partial charge is 0.405 e. The van der Waals surface area contributed by atoms with Gasteiger partial charge in [0.1, 0.15) is 5.75 Å². The number of rotatable bonds is 5. The molecule has 3 nitrogen and oxygen atoms in total. The second kappa shape index (κ2) is 6.66. The first-order valence-electron chi connectivity index (χ1n) is 7.00. The Hall–Kier alpha value is -1.27. The predicted octanol–water partition coefficient (Wildman–Crippen LogP) is 3.49. The maximum Gasteiger partial charge on any atom is 0.573 e. The molecule has 1 aromatic rings. The molecular weight excluding hydrogens is 283 g/mol. The van der Waals surface area contributed by atoms with Gasteiger partial charge < -0.3 is 14.8 Å². The lowest BCUT2D eigenvalue weighted by Crippen LogP contribution is -2.36. The van der Waals surface area contributed by atoms with Crippen LogP contribution in [-0.2, 0) is 11.3 Å². The van der Waals surface area contributed by atoms with E-state index >= 15 is 0 Å². The minimum absolute atomic E-state index is 0.137. The van der Waals surface area contributed by atoms with E-state index in [4.69, 9.17) is 4.74 Å². The number of nitrogens with one attached hydrogen (secondary N) is 1. The minimum Gasteiger partial charge on any atom is -0.405 e. The van der Waals surface area contributed by atoms with Crippen molar-refractivity contribution in [2.75, 3.05) is 19.8 Å². The Bertz CT molecular complexity index is 456. The predicted molar refractivity (Wildman–Crippen MR) is 73.0 cm³/mol. The van der Waals surface area contributed by atoms with Crippen LogP contribution in [0.1, 0.15) is 25.3 Å². The van der Waals surface area contributed by atoms with Gasteiger partial charge in [0.05, 0.1) is 0 Å². The van der Waals surface area contributed by atoms with Gasteiger partial charge in [0.15, 0.2) is 0 Å². The van der Waals surface area contributed by atoms with Gasteiger partial charge in [-0.3, -0.25) is 0 Å². The molecule has 1 N–H and O–H groups in total. The number of para-hydroxylation sites is 1. The second-order valence-corrected chi connectivity index (χ2v) is 5.68. The van der Waals surface area contributed by atoms with Crippen LogP contribution in [-0.4, -0.2) is 26.1 Å². The highest BCUT2D eigenvalue weighted by Crippen LogP contribution is 2.29. The van der Waals surface area contributed by atoms with E-state index in [0.717, 1.165) is 32.6 Å². The average molecular weight is 303 g/mol. The summed E-state index contributed by atoms with van der Waals surface area (Å²) in [5.74, 6) is -0.144. The number of ether oxygens (including phenoxy) is 2. The molecule has 0 unspecified atom stereocenters. The van der Waals surface area contributed by atoms with Crippen molar-refractivity contribution in [2.24, 2.45) is 5.41 Å². The summed E-state index contributed by atoms with van der Waals surface area (Å²) in [4.78, 5) is 0. The molecule has 0 atom stereocenters. The fourth-order valence-corrected chi connectivity index (χ4v) is 2.41. The molecule has 1 heterocycles. The molecule has 0 aliphatic carbocycles. The van der Waals surface area contributed by atoms with E-state index in [1.54, 1.807) is 12.1 Å². The van der Waals surface area contributed by atoms with E-state index in [2.05, 4.69) is 17.0 Å². The molecule has 1 saturated heterocycles. The summed E-state index contributed by atoms with van der Waals surface area (Å²) in [7, 11) is 0. The molecule has 0 radical (unpaired) electrons. The summed E-state index contributed by atoms with van der Waals surface area (Å²) in [6.45, 7) is 4.75. The largest absolute Gasteiger partial charge is 0.573 e. The molecule has 1 aliphatic rings. The van der Waals surface area contributed by atoms with Gasteiger partial charge in [0.25, 0.3) is 0 Å². The van der Waals surface area contributed by atoms with Crippen molar-refractivity contribution in [1.29, 1.82) is 0 Å². The lowest BCUT2D eigenvalue weighted by atomic mass is 9.82. The number of hydrogen-bond acceptors (Lipinski definition) is 3. The molecule has 0 bridgehead atoms. The molecule has 118 valence electrons. The normalized spacial score (nSPS) is 18.5. The summed E-state index contributed by atoms with van der Waals surface area (Å²) in [6.07, 6.45) is -2.75. The van der Waals surface area contributed by atoms with Crippen molar-refractivity contribution in [1.82, 2.24) is 5.32 Å². The molecule has 2 rings (SSSR count). The molecule has 0 spiro atoms. The van der Waals surface area contributed by atoms with Crippen LogP contribution >= 0.6 is 0 Å². The van der Waals surface area contributed by atoms with Crippen LogP contribution in [0.5, 0.6) is 5.75 Å². The number of hydrogen-bond donors (Lipinski definition) is 1. The van der Waals surface area contributed by atoms with Crippen LogP contribution in [0.15, 0.2) is 24.3 Å². The summed E-state index contributed by atoms with van der Waals surface area (Å²) in [6, 6.07) is 6.21. The Morgan fingerprint density at radius 2 is 1.90 bits per heavy atom. The first kappa shape index (κ1) is 16.1. The van der Waals surface area contributed by atoms with Gasteiger partial charge in [0.2, 0.25) is 0 Å². The maximum absolute atomic E-state index is 12.3. The van der Waals surface area contributed by atoms with E-state index in [1.165, 1.54) is 12.1 Å². The molecule has 21 heavy (non-hydrogen) atoms. The van der Waals surface area contributed by atoms with Gasteiger partial charge in [-0.1, -0.05) is 25.1 Å². The van der Waals surface area contributed by atoms with Crippen LogP contribution < -0.4 is 10.1 Å². The quantitative estimate of drug-likeness (QED) is 0.903. The maximum atomic E-state index is 12.3. The fraction of sp³-hybridized carbons (Fsp3) is 0.600. The van der Waals surface area contributed by atoms with Crippen molar-refractivity contribution >= 4 is 0 Å². The van der Waals surface area contributed by atoms with Gasteiger partial charge in [-0.05, 0) is 24.3 Å². The van der Waals surface area contributed by atoms with Crippen molar-refractivity contribution in [2.45, 2.75) is 32.7 Å². The van der Waals surface area contributed by atoms with Gasteiger partial charge in [-0.25, -0.2) is 0 Å². The van der Waals surface area contributed by atoms with Gasteiger partial charge in [-0.2, -0.15) is 0 Å². The number of alkyl halides is 3. The third kappa shape index (κ3) is 5.21. The zero-order valence-electron chi connectivity index (χ0n) is 12.0. The van der Waals surface area contributed by atoms with E-state index in [1.807, 2.05) is 0 Å². The van der Waals surface area contributed by atoms with Gasteiger partial charge >= 0.3 is 6.36 Å². The first-order valence-corrected chi connectivity index (χ1v) is 7.00. The van der Waals surface area contributed by atoms with E-state index in [0.29, 0.717) is 12.1 Å². The Morgan fingerprint density at radius 3 is 2.57 bits per heavy atom. The highest BCUT2D eigenvalue weighted by molar-refractivity contribution is 5.33. The van der Waals surface area contributed by atoms with E-state index < -0.39 is 6.36 Å². The van der Waals surface area contributed by atoms with Gasteiger partial charge in [0, 0.05) is 31.9 Å². The van der Waals surface area contributed by atoms with E-state index in [9.17, 15) is 13.2 Å². The van der Waals surface area contributed by atoms with Crippen molar-refractivity contribution in [3.63, 3.8) is 0 Å². The third-order valence-electron chi connectivity index (χ3n) is 3.77. The summed E-state index contributed by atoms with van der Waals surface area (Å²) >= 11 is 0. The Labute approximate surface area is 122 Å². The molecule has 1 fully saturated rings. The third-order valence-corrected chi connectivity index (χ3v) is 3.77. The Morgan fingerprint density at radius 1 is 1.24 bits per heavy atom. The average Bonchev–Trinajstić information content (AvgIpc) is 2.40. The molecule has 0 amide bonds. The van der Waals surface area contributed by atoms with Crippen LogP contribution in [0.2, 0.25) is 0 Å². The zero-order valence-corrected chi connectivity index (χ0v) is 12.0. The summed E-state index contributed by atoms with van der Waals surface area (Å²) in [5.41, 5.74) is 0.642. The van der Waals surface area contributed by atoms with Crippen LogP contribution in [0.4, 0.5) is 13.2 Å². The topological polar surface area (TPSA) is 30.5 Å². The standard InChI is InChI=1S/C15H20F3NO2/c1-14(6-8-20-9-7-14)11-19-10-12-4-2-3-5-13(12)21-15(16,17)18/h2-5,19H,6-11H2,1H3. The molecule has 1 aliphatic heterocycles. The highest BCUT2D eigenvalue weighted by atomic mass is 19.4. The highest BCUT2D eigenvalue weighted by Gasteiger charge is 2.32. The van der Waals surface area contributed by atoms with Gasteiger partial charge in [-0.15, -0.1) is 13.2 Å². The summed E-state index contributed by atoms with van der Waals surface area (Å²) in [5, 5.41) is 3.24. The molecule has 0 aromatic heterocycles. The van der Waals surface area contributed by atoms with Crippen LogP contribution in [0, 0.1) is 5.41 Å².